The van der Waals surface area contributed by atoms with E-state index in [4.69, 9.17) is 4.74 Å². The van der Waals surface area contributed by atoms with Crippen molar-refractivity contribution < 1.29 is 22.7 Å². The summed E-state index contributed by atoms with van der Waals surface area (Å²) >= 11 is 0. The fourth-order valence-corrected chi connectivity index (χ4v) is 4.16. The summed E-state index contributed by atoms with van der Waals surface area (Å²) in [6.07, 6.45) is -4.05. The van der Waals surface area contributed by atoms with Gasteiger partial charge in [0.05, 0.1) is 18.2 Å². The van der Waals surface area contributed by atoms with E-state index in [1.807, 2.05) is 37.3 Å². The van der Waals surface area contributed by atoms with Crippen molar-refractivity contribution in [2.45, 2.75) is 32.0 Å². The number of hydrogen-bond donors (Lipinski definition) is 0. The van der Waals surface area contributed by atoms with Crippen LogP contribution in [-0.4, -0.2) is 44.9 Å². The Morgan fingerprint density at radius 2 is 1.84 bits per heavy atom. The Labute approximate surface area is 182 Å². The highest BCUT2D eigenvalue weighted by atomic mass is 19.4. The largest absolute Gasteiger partial charge is 0.493 e. The molecule has 1 aliphatic heterocycles. The normalized spacial score (nSPS) is 15.3. The van der Waals surface area contributed by atoms with Crippen molar-refractivity contribution >= 4 is 16.7 Å². The van der Waals surface area contributed by atoms with E-state index in [1.165, 1.54) is 0 Å². The van der Waals surface area contributed by atoms with Gasteiger partial charge in [-0.05, 0) is 36.6 Å². The summed E-state index contributed by atoms with van der Waals surface area (Å²) in [6, 6.07) is 10.7. The number of piperidine rings is 1. The second-order valence-electron chi connectivity index (χ2n) is 7.72. The molecule has 1 fully saturated rings. The highest BCUT2D eigenvalue weighted by Gasteiger charge is 2.39. The average molecular weight is 448 g/mol. The van der Waals surface area contributed by atoms with Gasteiger partial charge in [-0.2, -0.15) is 13.2 Å². The number of halogens is 3. The number of rotatable bonds is 4. The number of carbonyl (C=O) groups excluding carboxylic acids is 1. The molecule has 0 saturated carbocycles. The standard InChI is InChI=1S/C22H23F3N4O3/c1-3-32-17-9-8-14-6-4-5-7-16(14)18(17)19(30)28-12-10-15(11-13-28)29-21(31)27(2)20(26-29)22(23,24)25/h4-9,15H,3,10-13H2,1-2H3. The lowest BCUT2D eigenvalue weighted by molar-refractivity contribution is -0.147. The lowest BCUT2D eigenvalue weighted by Gasteiger charge is -2.32. The van der Waals surface area contributed by atoms with Gasteiger partial charge in [-0.25, -0.2) is 9.48 Å². The molecule has 1 saturated heterocycles. The lowest BCUT2D eigenvalue weighted by Crippen LogP contribution is -2.41. The Kier molecular flexibility index (Phi) is 5.70. The minimum Gasteiger partial charge on any atom is -0.493 e. The van der Waals surface area contributed by atoms with E-state index in [9.17, 15) is 22.8 Å². The fraction of sp³-hybridized carbons (Fsp3) is 0.409. The van der Waals surface area contributed by atoms with Crippen molar-refractivity contribution in [2.75, 3.05) is 19.7 Å². The molecule has 32 heavy (non-hydrogen) atoms. The summed E-state index contributed by atoms with van der Waals surface area (Å²) in [6.45, 7) is 2.84. The van der Waals surface area contributed by atoms with Crippen molar-refractivity contribution in [3.8, 4) is 5.75 Å². The first-order valence-electron chi connectivity index (χ1n) is 10.4. The molecule has 170 valence electrons. The van der Waals surface area contributed by atoms with Crippen molar-refractivity contribution in [3.05, 3.63) is 58.3 Å². The Morgan fingerprint density at radius 3 is 2.47 bits per heavy atom. The first-order chi connectivity index (χ1) is 15.2. The number of hydrogen-bond acceptors (Lipinski definition) is 4. The number of carbonyl (C=O) groups is 1. The molecule has 7 nitrogen and oxygen atoms in total. The molecule has 2 aromatic carbocycles. The van der Waals surface area contributed by atoms with Crippen molar-refractivity contribution in [3.63, 3.8) is 0 Å². The molecular weight excluding hydrogens is 425 g/mol. The summed E-state index contributed by atoms with van der Waals surface area (Å²) in [4.78, 5) is 27.4. The summed E-state index contributed by atoms with van der Waals surface area (Å²) in [5, 5.41) is 5.22. The number of alkyl halides is 3. The Hall–Kier alpha value is -3.30. The number of aromatic nitrogens is 3. The van der Waals surface area contributed by atoms with Crippen LogP contribution in [0, 0.1) is 0 Å². The molecule has 3 aromatic rings. The highest BCUT2D eigenvalue weighted by Crippen LogP contribution is 2.32. The topological polar surface area (TPSA) is 69.4 Å². The van der Waals surface area contributed by atoms with Gasteiger partial charge in [0.25, 0.3) is 5.91 Å². The van der Waals surface area contributed by atoms with Crippen molar-refractivity contribution in [1.29, 1.82) is 0 Å². The Morgan fingerprint density at radius 1 is 1.16 bits per heavy atom. The maximum absolute atomic E-state index is 13.4. The number of likely N-dealkylation sites (tertiary alicyclic amines) is 1. The van der Waals surface area contributed by atoms with E-state index < -0.39 is 23.7 Å². The Balaban J connectivity index is 1.58. The third-order valence-electron chi connectivity index (χ3n) is 5.76. The van der Waals surface area contributed by atoms with E-state index in [0.717, 1.165) is 22.5 Å². The molecule has 2 heterocycles. The molecule has 0 spiro atoms. The summed E-state index contributed by atoms with van der Waals surface area (Å²) < 4.78 is 46.4. The zero-order valence-corrected chi connectivity index (χ0v) is 17.7. The van der Waals surface area contributed by atoms with Gasteiger partial charge in [-0.3, -0.25) is 9.36 Å². The number of amides is 1. The molecule has 0 unspecified atom stereocenters. The average Bonchev–Trinajstić information content (AvgIpc) is 3.08. The van der Waals surface area contributed by atoms with Crippen LogP contribution in [0.15, 0.2) is 41.2 Å². The predicted octanol–water partition coefficient (Wildman–Crippen LogP) is 3.63. The van der Waals surface area contributed by atoms with Gasteiger partial charge in [0.1, 0.15) is 5.75 Å². The molecular formula is C22H23F3N4O3. The van der Waals surface area contributed by atoms with Gasteiger partial charge in [-0.1, -0.05) is 30.3 Å². The Bertz CT molecular complexity index is 1210. The second kappa shape index (κ2) is 8.33. The first-order valence-corrected chi connectivity index (χ1v) is 10.4. The van der Waals surface area contributed by atoms with Crippen LogP contribution in [0.2, 0.25) is 0 Å². The molecule has 0 bridgehead atoms. The predicted molar refractivity (Wildman–Crippen MR) is 112 cm³/mol. The maximum atomic E-state index is 13.4. The summed E-state index contributed by atoms with van der Waals surface area (Å²) in [5.74, 6) is -0.930. The minimum atomic E-state index is -4.71. The van der Waals surface area contributed by atoms with Crippen LogP contribution in [0.4, 0.5) is 13.2 Å². The number of nitrogens with zero attached hydrogens (tertiary/aromatic N) is 4. The quantitative estimate of drug-likeness (QED) is 0.611. The van der Waals surface area contributed by atoms with Gasteiger partial charge >= 0.3 is 11.9 Å². The molecule has 1 aromatic heterocycles. The molecule has 10 heteroatoms. The maximum Gasteiger partial charge on any atom is 0.451 e. The van der Waals surface area contributed by atoms with Crippen LogP contribution in [0.5, 0.6) is 5.75 Å². The molecule has 0 atom stereocenters. The molecule has 1 aliphatic rings. The van der Waals surface area contributed by atoms with Crippen LogP contribution < -0.4 is 10.4 Å². The van der Waals surface area contributed by atoms with E-state index in [2.05, 4.69) is 5.10 Å². The number of benzene rings is 2. The van der Waals surface area contributed by atoms with Gasteiger partial charge in [0.2, 0.25) is 5.82 Å². The smallest absolute Gasteiger partial charge is 0.451 e. The first kappa shape index (κ1) is 21.9. The van der Waals surface area contributed by atoms with Crippen LogP contribution in [0.25, 0.3) is 10.8 Å². The summed E-state index contributed by atoms with van der Waals surface area (Å²) in [5.41, 5.74) is -0.340. The van der Waals surface area contributed by atoms with Crippen LogP contribution in [0.1, 0.15) is 42.0 Å². The van der Waals surface area contributed by atoms with Gasteiger partial charge in [0, 0.05) is 20.1 Å². The van der Waals surface area contributed by atoms with E-state index in [0.29, 0.717) is 48.4 Å². The molecule has 0 aliphatic carbocycles. The van der Waals surface area contributed by atoms with E-state index in [1.54, 1.807) is 11.0 Å². The van der Waals surface area contributed by atoms with E-state index >= 15 is 0 Å². The number of fused-ring (bicyclic) bond motifs is 1. The van der Waals surface area contributed by atoms with Crippen LogP contribution >= 0.6 is 0 Å². The SMILES string of the molecule is CCOc1ccc2ccccc2c1C(=O)N1CCC(n2nc(C(F)(F)F)n(C)c2=O)CC1. The molecule has 0 N–H and O–H groups in total. The number of ether oxygens (including phenoxy) is 1. The van der Waals surface area contributed by atoms with Crippen LogP contribution in [0.3, 0.4) is 0 Å². The van der Waals surface area contributed by atoms with Crippen molar-refractivity contribution in [2.24, 2.45) is 7.05 Å². The monoisotopic (exact) mass is 448 g/mol. The fourth-order valence-electron chi connectivity index (χ4n) is 4.16. The zero-order chi connectivity index (χ0) is 23.0. The van der Waals surface area contributed by atoms with E-state index in [-0.39, 0.29) is 5.91 Å². The second-order valence-corrected chi connectivity index (χ2v) is 7.72. The lowest BCUT2D eigenvalue weighted by atomic mass is 10.00. The minimum absolute atomic E-state index is 0.201. The third kappa shape index (κ3) is 3.85. The van der Waals surface area contributed by atoms with Gasteiger partial charge < -0.3 is 9.64 Å². The van der Waals surface area contributed by atoms with Gasteiger partial charge in [-0.15, -0.1) is 5.10 Å². The van der Waals surface area contributed by atoms with Crippen molar-refractivity contribution in [1.82, 2.24) is 19.2 Å². The van der Waals surface area contributed by atoms with Crippen LogP contribution in [-0.2, 0) is 13.2 Å². The highest BCUT2D eigenvalue weighted by molar-refractivity contribution is 6.09. The molecule has 1 amide bonds. The summed E-state index contributed by atoms with van der Waals surface area (Å²) in [7, 11) is 1.06. The molecule has 4 rings (SSSR count). The molecule has 0 radical (unpaired) electrons. The third-order valence-corrected chi connectivity index (χ3v) is 5.76. The zero-order valence-electron chi connectivity index (χ0n) is 17.7. The van der Waals surface area contributed by atoms with Gasteiger partial charge in [0.15, 0.2) is 0 Å².